The van der Waals surface area contributed by atoms with Crippen LogP contribution in [0.1, 0.15) is 11.8 Å². The van der Waals surface area contributed by atoms with Crippen molar-refractivity contribution in [1.29, 1.82) is 0 Å². The SMILES string of the molecule is COC([C@@H]1O[C@@H](n2cnc3c(NCc4ccccc4)nc(-c4cn[nH]c4)nc32)[C@H](O)[C@@H]1O)P(=O)(O)O. The highest BCUT2D eigenvalue weighted by Gasteiger charge is 2.52. The highest BCUT2D eigenvalue weighted by Crippen LogP contribution is 2.48. The van der Waals surface area contributed by atoms with Crippen LogP contribution in [0, 0.1) is 0 Å². The van der Waals surface area contributed by atoms with E-state index in [4.69, 9.17) is 9.47 Å². The summed E-state index contributed by atoms with van der Waals surface area (Å²) in [5, 5.41) is 31.2. The first-order valence-electron chi connectivity index (χ1n) is 10.9. The topological polar surface area (TPSA) is 201 Å². The number of ether oxygens (including phenoxy) is 2. The van der Waals surface area contributed by atoms with Crippen LogP contribution in [0.15, 0.2) is 49.1 Å². The number of hydrogen-bond acceptors (Lipinski definition) is 10. The highest BCUT2D eigenvalue weighted by atomic mass is 31.2. The first kappa shape index (κ1) is 24.5. The number of fused-ring (bicyclic) bond motifs is 1. The van der Waals surface area contributed by atoms with Crippen molar-refractivity contribution in [3.8, 4) is 11.4 Å². The molecule has 1 aliphatic rings. The summed E-state index contributed by atoms with van der Waals surface area (Å²) < 4.78 is 23.9. The third-order valence-corrected chi connectivity index (χ3v) is 7.05. The van der Waals surface area contributed by atoms with Gasteiger partial charge in [-0.1, -0.05) is 30.3 Å². The van der Waals surface area contributed by atoms with Crippen molar-refractivity contribution in [2.75, 3.05) is 12.4 Å². The Hall–Kier alpha value is -3.23. The van der Waals surface area contributed by atoms with Crippen LogP contribution in [0.25, 0.3) is 22.6 Å². The number of benzene rings is 1. The van der Waals surface area contributed by atoms with Crippen molar-refractivity contribution in [2.24, 2.45) is 0 Å². The monoisotopic (exact) mass is 517 g/mol. The predicted octanol–water partition coefficient (Wildman–Crippen LogP) is 0.598. The summed E-state index contributed by atoms with van der Waals surface area (Å²) in [5.41, 5.74) is 2.24. The van der Waals surface area contributed by atoms with Crippen LogP contribution in [-0.2, 0) is 20.6 Å². The molecule has 5 rings (SSSR count). The van der Waals surface area contributed by atoms with Gasteiger partial charge in [0.15, 0.2) is 34.9 Å². The summed E-state index contributed by atoms with van der Waals surface area (Å²) in [4.78, 5) is 32.8. The van der Waals surface area contributed by atoms with Gasteiger partial charge in [0, 0.05) is 19.9 Å². The summed E-state index contributed by atoms with van der Waals surface area (Å²) in [6.07, 6.45) is -1.43. The molecule has 6 N–H and O–H groups in total. The zero-order chi connectivity index (χ0) is 25.4. The molecule has 1 saturated heterocycles. The minimum Gasteiger partial charge on any atom is -0.387 e. The summed E-state index contributed by atoms with van der Waals surface area (Å²) in [6, 6.07) is 9.67. The molecule has 0 saturated carbocycles. The number of anilines is 1. The molecule has 3 aromatic heterocycles. The number of H-pyrrole nitrogens is 1. The Morgan fingerprint density at radius 2 is 2.00 bits per heavy atom. The van der Waals surface area contributed by atoms with E-state index in [9.17, 15) is 24.6 Å². The lowest BCUT2D eigenvalue weighted by Gasteiger charge is -2.24. The number of aliphatic hydroxyl groups excluding tert-OH is 2. The minimum absolute atomic E-state index is 0.263. The van der Waals surface area contributed by atoms with Crippen LogP contribution in [0.2, 0.25) is 0 Å². The summed E-state index contributed by atoms with van der Waals surface area (Å²) in [7, 11) is -3.73. The molecule has 1 unspecified atom stereocenters. The van der Waals surface area contributed by atoms with Gasteiger partial charge in [-0.3, -0.25) is 14.2 Å². The molecule has 190 valence electrons. The third-order valence-electron chi connectivity index (χ3n) is 5.88. The first-order valence-corrected chi connectivity index (χ1v) is 12.6. The fourth-order valence-corrected chi connectivity index (χ4v) is 5.03. The smallest absolute Gasteiger partial charge is 0.356 e. The van der Waals surface area contributed by atoms with E-state index >= 15 is 0 Å². The third kappa shape index (κ3) is 4.51. The van der Waals surface area contributed by atoms with Gasteiger partial charge in [0.1, 0.15) is 18.3 Å². The molecule has 0 amide bonds. The molecule has 15 heteroatoms. The number of hydrogen-bond donors (Lipinski definition) is 6. The highest BCUT2D eigenvalue weighted by molar-refractivity contribution is 7.52. The standard InChI is InChI=1S/C21H24N7O7P/c1-34-21(36(31,32)33)16-14(29)15(30)20(35-16)28-10-23-13-18(22-7-11-5-3-2-4-6-11)26-17(27-19(13)28)12-8-24-25-9-12/h2-6,8-10,14-16,20-21,29-30H,7H2,1H3,(H,24,25)(H,22,26,27)(H2,31,32,33)/t14-,15+,16+,20+,21?/m0/s1. The predicted molar refractivity (Wildman–Crippen MR) is 125 cm³/mol. The molecular weight excluding hydrogens is 493 g/mol. The van der Waals surface area contributed by atoms with Crippen LogP contribution >= 0.6 is 7.60 Å². The fourth-order valence-electron chi connectivity index (χ4n) is 4.12. The Labute approximate surface area is 204 Å². The van der Waals surface area contributed by atoms with E-state index in [1.54, 1.807) is 12.4 Å². The quantitative estimate of drug-likeness (QED) is 0.178. The molecule has 4 heterocycles. The van der Waals surface area contributed by atoms with Gasteiger partial charge in [-0.2, -0.15) is 5.10 Å². The molecule has 0 aliphatic carbocycles. The number of aliphatic hydroxyl groups is 2. The van der Waals surface area contributed by atoms with Crippen molar-refractivity contribution in [1.82, 2.24) is 29.7 Å². The number of aromatic amines is 1. The molecule has 14 nitrogen and oxygen atoms in total. The average molecular weight is 517 g/mol. The van der Waals surface area contributed by atoms with E-state index < -0.39 is 38.0 Å². The Balaban J connectivity index is 1.54. The van der Waals surface area contributed by atoms with Gasteiger partial charge < -0.3 is 34.8 Å². The van der Waals surface area contributed by atoms with E-state index in [2.05, 4.69) is 30.5 Å². The first-order chi connectivity index (χ1) is 17.3. The normalized spacial score (nSPS) is 23.2. The van der Waals surface area contributed by atoms with Crippen LogP contribution in [0.4, 0.5) is 5.82 Å². The van der Waals surface area contributed by atoms with Crippen LogP contribution < -0.4 is 5.32 Å². The number of imidazole rings is 1. The van der Waals surface area contributed by atoms with Gasteiger partial charge >= 0.3 is 7.60 Å². The molecular formula is C21H24N7O7P. The average Bonchev–Trinajstić information content (AvgIpc) is 3.59. The molecule has 1 aromatic carbocycles. The number of nitrogens with zero attached hydrogens (tertiary/aromatic N) is 5. The van der Waals surface area contributed by atoms with E-state index in [1.807, 2.05) is 30.3 Å². The van der Waals surface area contributed by atoms with Crippen molar-refractivity contribution in [3.63, 3.8) is 0 Å². The second-order valence-electron chi connectivity index (χ2n) is 8.23. The Morgan fingerprint density at radius 1 is 1.22 bits per heavy atom. The summed E-state index contributed by atoms with van der Waals surface area (Å²) in [5.74, 6) is -1.06. The van der Waals surface area contributed by atoms with Gasteiger partial charge in [0.25, 0.3) is 0 Å². The lowest BCUT2D eigenvalue weighted by atomic mass is 10.1. The number of rotatable bonds is 8. The van der Waals surface area contributed by atoms with Gasteiger partial charge in [-0.15, -0.1) is 0 Å². The van der Waals surface area contributed by atoms with Crippen LogP contribution in [0.3, 0.4) is 0 Å². The molecule has 4 aromatic rings. The molecule has 1 fully saturated rings. The lowest BCUT2D eigenvalue weighted by molar-refractivity contribution is -0.0761. The lowest BCUT2D eigenvalue weighted by Crippen LogP contribution is -2.39. The Kier molecular flexibility index (Phi) is 6.57. The van der Waals surface area contributed by atoms with Crippen molar-refractivity contribution in [2.45, 2.75) is 36.9 Å². The number of aromatic nitrogens is 6. The van der Waals surface area contributed by atoms with Crippen LogP contribution in [0.5, 0.6) is 0 Å². The van der Waals surface area contributed by atoms with Crippen molar-refractivity contribution >= 4 is 24.6 Å². The van der Waals surface area contributed by atoms with Gasteiger partial charge in [-0.05, 0) is 5.56 Å². The second-order valence-corrected chi connectivity index (χ2v) is 9.92. The second kappa shape index (κ2) is 9.67. The maximum atomic E-state index is 11.9. The van der Waals surface area contributed by atoms with Crippen molar-refractivity contribution in [3.05, 3.63) is 54.6 Å². The van der Waals surface area contributed by atoms with E-state index in [-0.39, 0.29) is 5.65 Å². The Bertz CT molecular complexity index is 1380. The summed E-state index contributed by atoms with van der Waals surface area (Å²) in [6.45, 7) is 0.450. The minimum atomic E-state index is -4.82. The summed E-state index contributed by atoms with van der Waals surface area (Å²) >= 11 is 0. The fraction of sp³-hybridized carbons (Fsp3) is 0.333. The van der Waals surface area contributed by atoms with E-state index in [0.29, 0.717) is 29.3 Å². The molecule has 0 radical (unpaired) electrons. The zero-order valence-corrected chi connectivity index (χ0v) is 19.8. The largest absolute Gasteiger partial charge is 0.387 e. The van der Waals surface area contributed by atoms with E-state index in [1.165, 1.54) is 10.9 Å². The molecule has 36 heavy (non-hydrogen) atoms. The Morgan fingerprint density at radius 3 is 2.67 bits per heavy atom. The maximum absolute atomic E-state index is 11.9. The zero-order valence-electron chi connectivity index (χ0n) is 18.9. The molecule has 0 bridgehead atoms. The number of nitrogens with one attached hydrogen (secondary N) is 2. The number of methoxy groups -OCH3 is 1. The maximum Gasteiger partial charge on any atom is 0.356 e. The van der Waals surface area contributed by atoms with Crippen molar-refractivity contribution < 1.29 is 34.0 Å². The van der Waals surface area contributed by atoms with Crippen LogP contribution in [-0.4, -0.2) is 81.0 Å². The van der Waals surface area contributed by atoms with Gasteiger partial charge in [0.05, 0.1) is 18.1 Å². The van der Waals surface area contributed by atoms with Gasteiger partial charge in [0.2, 0.25) is 0 Å². The molecule has 0 spiro atoms. The molecule has 1 aliphatic heterocycles. The molecule has 5 atom stereocenters. The van der Waals surface area contributed by atoms with E-state index in [0.717, 1.165) is 12.7 Å². The van der Waals surface area contributed by atoms with Gasteiger partial charge in [-0.25, -0.2) is 15.0 Å².